The molecule has 0 bridgehead atoms. The van der Waals surface area contributed by atoms with Crippen LogP contribution in [0.5, 0.6) is 5.75 Å². The lowest BCUT2D eigenvalue weighted by molar-refractivity contribution is -0.126. The lowest BCUT2D eigenvalue weighted by atomic mass is 10.1. The number of rotatable bonds is 8. The lowest BCUT2D eigenvalue weighted by Crippen LogP contribution is -2.27. The number of halogens is 3. The predicted octanol–water partition coefficient (Wildman–Crippen LogP) is 6.21. The molecule has 0 radical (unpaired) electrons. The summed E-state index contributed by atoms with van der Waals surface area (Å²) in [5.74, 6) is 6.25. The third-order valence-corrected chi connectivity index (χ3v) is 8.94. The van der Waals surface area contributed by atoms with E-state index in [4.69, 9.17) is 14.7 Å². The van der Waals surface area contributed by atoms with E-state index in [2.05, 4.69) is 22.5 Å². The quantitative estimate of drug-likeness (QED) is 0.246. The van der Waals surface area contributed by atoms with Crippen molar-refractivity contribution in [2.24, 2.45) is 0 Å². The normalized spacial score (nSPS) is 14.4. The van der Waals surface area contributed by atoms with Gasteiger partial charge in [0.15, 0.2) is 6.61 Å². The SMILES string of the molecule is CP(C)(=O)c1ccc(NCC#Cc2sc3c(NC4CCOCC4)cccc3c2CC(F)(F)F)c(OCC#N)c1. The smallest absolute Gasteiger partial charge is 0.393 e. The molecule has 206 valence electrons. The Morgan fingerprint density at radius 1 is 1.18 bits per heavy atom. The van der Waals surface area contributed by atoms with Crippen molar-refractivity contribution in [1.82, 2.24) is 0 Å². The molecule has 0 saturated carbocycles. The number of nitriles is 1. The molecule has 0 atom stereocenters. The van der Waals surface area contributed by atoms with Gasteiger partial charge in [-0.15, -0.1) is 11.3 Å². The highest BCUT2D eigenvalue weighted by molar-refractivity contribution is 7.70. The van der Waals surface area contributed by atoms with Crippen molar-refractivity contribution < 1.29 is 27.2 Å². The van der Waals surface area contributed by atoms with Gasteiger partial charge in [-0.2, -0.15) is 18.4 Å². The van der Waals surface area contributed by atoms with Crippen molar-refractivity contribution in [2.75, 3.05) is 50.3 Å². The molecule has 2 aromatic carbocycles. The van der Waals surface area contributed by atoms with Gasteiger partial charge in [-0.05, 0) is 61.4 Å². The Morgan fingerprint density at radius 3 is 2.64 bits per heavy atom. The average molecular weight is 576 g/mol. The van der Waals surface area contributed by atoms with Crippen LogP contribution in [0.1, 0.15) is 23.3 Å². The molecule has 0 unspecified atom stereocenters. The highest BCUT2D eigenvalue weighted by atomic mass is 32.1. The Balaban J connectivity index is 1.60. The predicted molar refractivity (Wildman–Crippen MR) is 151 cm³/mol. The van der Waals surface area contributed by atoms with E-state index >= 15 is 0 Å². The maximum atomic E-state index is 13.5. The molecule has 3 aromatic rings. The summed E-state index contributed by atoms with van der Waals surface area (Å²) in [4.78, 5) is 0.375. The van der Waals surface area contributed by atoms with Crippen LogP contribution in [0.2, 0.25) is 0 Å². The summed E-state index contributed by atoms with van der Waals surface area (Å²) in [6, 6.07) is 12.5. The van der Waals surface area contributed by atoms with E-state index < -0.39 is 19.7 Å². The van der Waals surface area contributed by atoms with E-state index in [0.717, 1.165) is 23.2 Å². The Morgan fingerprint density at radius 2 is 1.95 bits per heavy atom. The van der Waals surface area contributed by atoms with Crippen molar-refractivity contribution in [3.63, 3.8) is 0 Å². The number of alkyl halides is 3. The van der Waals surface area contributed by atoms with Gasteiger partial charge < -0.3 is 24.7 Å². The number of hydrogen-bond donors (Lipinski definition) is 2. The van der Waals surface area contributed by atoms with Crippen molar-refractivity contribution in [2.45, 2.75) is 31.5 Å². The standard InChI is InChI=1S/C28H29F3N3O3PS/c1-38(2,35)20-8-9-23(25(17-20)37-16-12-32)33-13-4-7-26-22(18-28(29,30)31)21-5-3-6-24(27(21)39-26)34-19-10-14-36-15-11-19/h3,5-6,8-9,17,19,33-34H,10-11,13-16,18H2,1-2H3. The number of ether oxygens (including phenoxy) is 2. The summed E-state index contributed by atoms with van der Waals surface area (Å²) in [6.07, 6.45) is -3.76. The first-order chi connectivity index (χ1) is 18.5. The van der Waals surface area contributed by atoms with Crippen LogP contribution in [0, 0.1) is 23.2 Å². The molecule has 1 aromatic heterocycles. The van der Waals surface area contributed by atoms with E-state index in [-0.39, 0.29) is 24.8 Å². The molecule has 4 rings (SSSR count). The number of fused-ring (bicyclic) bond motifs is 1. The fourth-order valence-electron chi connectivity index (χ4n) is 4.31. The Hall–Kier alpha value is -3.17. The molecule has 1 aliphatic rings. The zero-order valence-electron chi connectivity index (χ0n) is 21.7. The van der Waals surface area contributed by atoms with Crippen LogP contribution in [-0.2, 0) is 15.7 Å². The van der Waals surface area contributed by atoms with Gasteiger partial charge in [0, 0.05) is 24.6 Å². The van der Waals surface area contributed by atoms with Crippen LogP contribution >= 0.6 is 18.5 Å². The van der Waals surface area contributed by atoms with Gasteiger partial charge >= 0.3 is 6.18 Å². The highest BCUT2D eigenvalue weighted by Crippen LogP contribution is 2.40. The second kappa shape index (κ2) is 12.3. The lowest BCUT2D eigenvalue weighted by Gasteiger charge is -2.24. The monoisotopic (exact) mass is 575 g/mol. The number of benzene rings is 2. The Kier molecular flexibility index (Phi) is 9.12. The third kappa shape index (κ3) is 7.70. The summed E-state index contributed by atoms with van der Waals surface area (Å²) in [5.41, 5.74) is 1.53. The van der Waals surface area contributed by atoms with E-state index in [1.807, 2.05) is 12.1 Å². The van der Waals surface area contributed by atoms with Crippen LogP contribution in [0.25, 0.3) is 10.1 Å². The van der Waals surface area contributed by atoms with Gasteiger partial charge in [-0.3, -0.25) is 0 Å². The highest BCUT2D eigenvalue weighted by Gasteiger charge is 2.31. The summed E-state index contributed by atoms with van der Waals surface area (Å²) in [6.45, 7) is 4.54. The third-order valence-electron chi connectivity index (χ3n) is 6.22. The fourth-order valence-corrected chi connectivity index (χ4v) is 6.34. The largest absolute Gasteiger partial charge is 0.477 e. The van der Waals surface area contributed by atoms with Crippen LogP contribution in [0.3, 0.4) is 0 Å². The second-order valence-corrected chi connectivity index (χ2v) is 13.8. The molecular weight excluding hydrogens is 546 g/mol. The first kappa shape index (κ1) is 28.8. The average Bonchev–Trinajstić information content (AvgIpc) is 3.22. The molecule has 0 aliphatic carbocycles. The van der Waals surface area contributed by atoms with Gasteiger partial charge in [0.05, 0.1) is 33.9 Å². The molecule has 1 fully saturated rings. The maximum Gasteiger partial charge on any atom is 0.393 e. The van der Waals surface area contributed by atoms with E-state index in [1.54, 1.807) is 43.7 Å². The first-order valence-electron chi connectivity index (χ1n) is 12.4. The van der Waals surface area contributed by atoms with Crippen molar-refractivity contribution in [3.05, 3.63) is 46.8 Å². The molecule has 1 saturated heterocycles. The molecule has 6 nitrogen and oxygen atoms in total. The zero-order chi connectivity index (χ0) is 28.0. The minimum absolute atomic E-state index is 0.130. The molecular formula is C28H29F3N3O3PS. The van der Waals surface area contributed by atoms with Crippen LogP contribution < -0.4 is 20.7 Å². The van der Waals surface area contributed by atoms with Gasteiger partial charge in [0.2, 0.25) is 0 Å². The van der Waals surface area contributed by atoms with Crippen molar-refractivity contribution in [1.29, 1.82) is 5.26 Å². The van der Waals surface area contributed by atoms with E-state index in [9.17, 15) is 17.7 Å². The molecule has 39 heavy (non-hydrogen) atoms. The fraction of sp³-hybridized carbons (Fsp3) is 0.393. The number of nitrogens with one attached hydrogen (secondary N) is 2. The number of nitrogens with zero attached hydrogens (tertiary/aromatic N) is 1. The van der Waals surface area contributed by atoms with Crippen molar-refractivity contribution >= 4 is 45.2 Å². The molecule has 1 aliphatic heterocycles. The first-order valence-corrected chi connectivity index (χ1v) is 15.8. The number of hydrogen-bond acceptors (Lipinski definition) is 7. The van der Waals surface area contributed by atoms with Gasteiger partial charge in [0.1, 0.15) is 19.0 Å². The number of thiophene rings is 1. The molecule has 0 spiro atoms. The Labute approximate surface area is 229 Å². The van der Waals surface area contributed by atoms with Crippen LogP contribution in [0.4, 0.5) is 24.5 Å². The minimum atomic E-state index is -4.38. The molecule has 0 amide bonds. The summed E-state index contributed by atoms with van der Waals surface area (Å²) < 4.78 is 64.7. The van der Waals surface area contributed by atoms with Crippen LogP contribution in [0.15, 0.2) is 36.4 Å². The summed E-state index contributed by atoms with van der Waals surface area (Å²) in [7, 11) is -2.54. The second-order valence-electron chi connectivity index (χ2n) is 9.55. The van der Waals surface area contributed by atoms with Gasteiger partial charge in [-0.25, -0.2) is 0 Å². The Bertz CT molecular complexity index is 1470. The van der Waals surface area contributed by atoms with Crippen molar-refractivity contribution in [3.8, 4) is 23.7 Å². The van der Waals surface area contributed by atoms with Gasteiger partial charge in [0.25, 0.3) is 0 Å². The van der Waals surface area contributed by atoms with Gasteiger partial charge in [-0.1, -0.05) is 24.0 Å². The van der Waals surface area contributed by atoms with E-state index in [1.165, 1.54) is 11.3 Å². The van der Waals surface area contributed by atoms with Crippen LogP contribution in [-0.4, -0.2) is 51.9 Å². The molecule has 11 heteroatoms. The zero-order valence-corrected chi connectivity index (χ0v) is 23.4. The van der Waals surface area contributed by atoms with E-state index in [0.29, 0.717) is 40.2 Å². The molecule has 2 heterocycles. The maximum absolute atomic E-state index is 13.5. The summed E-state index contributed by atoms with van der Waals surface area (Å²) >= 11 is 1.26. The minimum Gasteiger partial charge on any atom is -0.477 e. The summed E-state index contributed by atoms with van der Waals surface area (Å²) in [5, 5.41) is 16.7. The topological polar surface area (TPSA) is 83.4 Å². The molecule has 2 N–H and O–H groups in total. The number of anilines is 2.